The van der Waals surface area contributed by atoms with Gasteiger partial charge in [0.15, 0.2) is 0 Å². The number of nitrogens with zero attached hydrogens (tertiary/aromatic N) is 2. The lowest BCUT2D eigenvalue weighted by molar-refractivity contribution is 0.404. The zero-order chi connectivity index (χ0) is 19.6. The summed E-state index contributed by atoms with van der Waals surface area (Å²) in [5.74, 6) is 1.32. The first-order chi connectivity index (χ1) is 13.0. The molecule has 0 aliphatic carbocycles. The number of hydrogen-bond donors (Lipinski definition) is 1. The van der Waals surface area contributed by atoms with Crippen LogP contribution < -0.4 is 15.2 Å². The molecule has 2 N–H and O–H groups in total. The summed E-state index contributed by atoms with van der Waals surface area (Å²) in [6.07, 6.45) is 0. The number of methoxy groups -OCH3 is 2. The molecule has 136 valence electrons. The number of ether oxygens (including phenoxy) is 2. The van der Waals surface area contributed by atoms with E-state index in [-0.39, 0.29) is 11.4 Å². The van der Waals surface area contributed by atoms with E-state index in [1.807, 2.05) is 0 Å². The van der Waals surface area contributed by atoms with Gasteiger partial charge in [0.05, 0.1) is 30.0 Å². The molecule has 0 atom stereocenters. The predicted octanol–water partition coefficient (Wildman–Crippen LogP) is 5.19. The van der Waals surface area contributed by atoms with Gasteiger partial charge in [0, 0.05) is 16.7 Å². The van der Waals surface area contributed by atoms with Gasteiger partial charge in [-0.05, 0) is 30.3 Å². The minimum atomic E-state index is 0.0888. The van der Waals surface area contributed by atoms with Gasteiger partial charge in [0.1, 0.15) is 28.9 Å². The van der Waals surface area contributed by atoms with Crippen LogP contribution in [0.5, 0.6) is 11.5 Å². The second kappa shape index (κ2) is 7.75. The molecule has 1 aromatic heterocycles. The first kappa shape index (κ1) is 18.8. The van der Waals surface area contributed by atoms with Crippen LogP contribution in [0.15, 0.2) is 42.5 Å². The molecule has 0 aliphatic rings. The van der Waals surface area contributed by atoms with Gasteiger partial charge >= 0.3 is 0 Å². The van der Waals surface area contributed by atoms with Crippen molar-refractivity contribution in [1.82, 2.24) is 4.98 Å². The van der Waals surface area contributed by atoms with Crippen LogP contribution in [0.1, 0.15) is 5.56 Å². The third-order valence-electron chi connectivity index (χ3n) is 4.08. The molecule has 0 amide bonds. The van der Waals surface area contributed by atoms with E-state index < -0.39 is 0 Å². The highest BCUT2D eigenvalue weighted by Crippen LogP contribution is 2.40. The molecule has 2 aromatic carbocycles. The Balaban J connectivity index is 2.31. The van der Waals surface area contributed by atoms with Gasteiger partial charge in [0.25, 0.3) is 0 Å². The van der Waals surface area contributed by atoms with E-state index in [2.05, 4.69) is 11.1 Å². The first-order valence-electron chi connectivity index (χ1n) is 7.87. The van der Waals surface area contributed by atoms with E-state index in [4.69, 9.17) is 38.4 Å². The number of nitriles is 1. The minimum Gasteiger partial charge on any atom is -0.497 e. The maximum Gasteiger partial charge on any atom is 0.142 e. The highest BCUT2D eigenvalue weighted by atomic mass is 35.5. The molecule has 3 aromatic rings. The number of aromatic nitrogens is 1. The zero-order valence-electron chi connectivity index (χ0n) is 14.6. The molecule has 0 radical (unpaired) electrons. The number of anilines is 1. The summed E-state index contributed by atoms with van der Waals surface area (Å²) in [4.78, 5) is 4.38. The fourth-order valence-corrected chi connectivity index (χ4v) is 3.16. The summed E-state index contributed by atoms with van der Waals surface area (Å²) in [6.45, 7) is 0. The molecule has 5 nitrogen and oxygen atoms in total. The maximum atomic E-state index is 9.57. The van der Waals surface area contributed by atoms with Crippen molar-refractivity contribution in [2.45, 2.75) is 0 Å². The van der Waals surface area contributed by atoms with Crippen LogP contribution in [-0.2, 0) is 0 Å². The molecule has 0 saturated heterocycles. The summed E-state index contributed by atoms with van der Waals surface area (Å²) in [7, 11) is 3.14. The summed E-state index contributed by atoms with van der Waals surface area (Å²) in [5.41, 5.74) is 8.63. The smallest absolute Gasteiger partial charge is 0.142 e. The number of halogens is 2. The monoisotopic (exact) mass is 399 g/mol. The number of nitrogens with two attached hydrogens (primary N) is 1. The predicted molar refractivity (Wildman–Crippen MR) is 107 cm³/mol. The zero-order valence-corrected chi connectivity index (χ0v) is 16.1. The topological polar surface area (TPSA) is 81.2 Å². The quantitative estimate of drug-likeness (QED) is 0.652. The third-order valence-corrected chi connectivity index (χ3v) is 4.90. The normalized spacial score (nSPS) is 10.3. The molecule has 0 fully saturated rings. The second-order valence-corrected chi connectivity index (χ2v) is 6.38. The van der Waals surface area contributed by atoms with Crippen molar-refractivity contribution in [2.24, 2.45) is 0 Å². The van der Waals surface area contributed by atoms with E-state index in [1.54, 1.807) is 56.7 Å². The van der Waals surface area contributed by atoms with Crippen molar-refractivity contribution in [3.8, 4) is 40.0 Å². The van der Waals surface area contributed by atoms with Crippen molar-refractivity contribution in [3.05, 3.63) is 58.1 Å². The maximum absolute atomic E-state index is 9.57. The summed E-state index contributed by atoms with van der Waals surface area (Å²) >= 11 is 12.5. The SMILES string of the molecule is COc1ccc(OC)c(-c2cc(-c3cccc(Cl)c3Cl)c(C#N)c(N)n2)c1. The van der Waals surface area contributed by atoms with Crippen LogP contribution in [0, 0.1) is 11.3 Å². The molecule has 0 spiro atoms. The van der Waals surface area contributed by atoms with Gasteiger partial charge in [-0.1, -0.05) is 35.3 Å². The fourth-order valence-electron chi connectivity index (χ4n) is 2.76. The Hall–Kier alpha value is -2.94. The Morgan fingerprint density at radius 3 is 2.44 bits per heavy atom. The highest BCUT2D eigenvalue weighted by molar-refractivity contribution is 6.43. The van der Waals surface area contributed by atoms with Crippen LogP contribution in [0.4, 0.5) is 5.82 Å². The molecular weight excluding hydrogens is 385 g/mol. The highest BCUT2D eigenvalue weighted by Gasteiger charge is 2.18. The van der Waals surface area contributed by atoms with E-state index in [0.717, 1.165) is 0 Å². The molecule has 1 heterocycles. The lowest BCUT2D eigenvalue weighted by atomic mass is 9.98. The van der Waals surface area contributed by atoms with Crippen LogP contribution >= 0.6 is 23.2 Å². The summed E-state index contributed by atoms with van der Waals surface area (Å²) in [5, 5.41) is 10.3. The lowest BCUT2D eigenvalue weighted by Gasteiger charge is -2.14. The standard InChI is InChI=1S/C20H15Cl2N3O2/c1-26-11-6-7-18(27-2)14(8-11)17-9-13(15(10-23)20(24)25-17)12-4-3-5-16(21)19(12)22/h3-9H,1-2H3,(H2,24,25). The van der Waals surface area contributed by atoms with Crippen molar-refractivity contribution < 1.29 is 9.47 Å². The van der Waals surface area contributed by atoms with Crippen molar-refractivity contribution in [3.63, 3.8) is 0 Å². The molecular formula is C20H15Cl2N3O2. The van der Waals surface area contributed by atoms with Crippen molar-refractivity contribution in [2.75, 3.05) is 20.0 Å². The Bertz CT molecular complexity index is 1060. The van der Waals surface area contributed by atoms with Gasteiger partial charge in [-0.15, -0.1) is 0 Å². The van der Waals surface area contributed by atoms with E-state index in [0.29, 0.717) is 43.9 Å². The average Bonchev–Trinajstić information content (AvgIpc) is 2.69. The summed E-state index contributed by atoms with van der Waals surface area (Å²) in [6, 6.07) is 14.4. The van der Waals surface area contributed by atoms with Crippen molar-refractivity contribution >= 4 is 29.0 Å². The van der Waals surface area contributed by atoms with E-state index in [9.17, 15) is 5.26 Å². The Labute approximate surface area is 166 Å². The number of rotatable bonds is 4. The summed E-state index contributed by atoms with van der Waals surface area (Å²) < 4.78 is 10.7. The Kier molecular flexibility index (Phi) is 5.41. The van der Waals surface area contributed by atoms with Crippen LogP contribution in [0.3, 0.4) is 0 Å². The van der Waals surface area contributed by atoms with Crippen LogP contribution in [-0.4, -0.2) is 19.2 Å². The molecule has 0 unspecified atom stereocenters. The van der Waals surface area contributed by atoms with Crippen LogP contribution in [0.2, 0.25) is 10.0 Å². The molecule has 0 bridgehead atoms. The number of benzene rings is 2. The van der Waals surface area contributed by atoms with Gasteiger partial charge in [-0.2, -0.15) is 5.26 Å². The van der Waals surface area contributed by atoms with Gasteiger partial charge in [-0.3, -0.25) is 0 Å². The van der Waals surface area contributed by atoms with E-state index >= 15 is 0 Å². The third kappa shape index (κ3) is 3.50. The number of nitrogen functional groups attached to an aromatic ring is 1. The van der Waals surface area contributed by atoms with Gasteiger partial charge in [0.2, 0.25) is 0 Å². The fraction of sp³-hybridized carbons (Fsp3) is 0.100. The Morgan fingerprint density at radius 1 is 1.00 bits per heavy atom. The molecule has 3 rings (SSSR count). The van der Waals surface area contributed by atoms with Gasteiger partial charge < -0.3 is 15.2 Å². The van der Waals surface area contributed by atoms with Gasteiger partial charge in [-0.25, -0.2) is 4.98 Å². The van der Waals surface area contributed by atoms with Crippen LogP contribution in [0.25, 0.3) is 22.4 Å². The molecule has 0 saturated carbocycles. The molecule has 0 aliphatic heterocycles. The Morgan fingerprint density at radius 2 is 1.78 bits per heavy atom. The lowest BCUT2D eigenvalue weighted by Crippen LogP contribution is -2.01. The largest absolute Gasteiger partial charge is 0.497 e. The first-order valence-corrected chi connectivity index (χ1v) is 8.63. The average molecular weight is 400 g/mol. The minimum absolute atomic E-state index is 0.0888. The molecule has 27 heavy (non-hydrogen) atoms. The van der Waals surface area contributed by atoms with E-state index in [1.165, 1.54) is 0 Å². The van der Waals surface area contributed by atoms with Crippen molar-refractivity contribution in [1.29, 1.82) is 5.26 Å². The second-order valence-electron chi connectivity index (χ2n) is 5.59. The number of pyridine rings is 1. The molecule has 7 heteroatoms. The number of hydrogen-bond acceptors (Lipinski definition) is 5.